The smallest absolute Gasteiger partial charge is 0.249 e. The molecule has 0 spiro atoms. The highest BCUT2D eigenvalue weighted by Gasteiger charge is 2.53. The van der Waals surface area contributed by atoms with E-state index in [-0.39, 0.29) is 60.6 Å². The van der Waals surface area contributed by atoms with E-state index in [0.717, 1.165) is 38.0 Å². The van der Waals surface area contributed by atoms with E-state index < -0.39 is 0 Å². The van der Waals surface area contributed by atoms with E-state index in [4.69, 9.17) is 4.74 Å². The number of nitrogens with zero attached hydrogens (tertiary/aromatic N) is 4. The molecule has 1 aliphatic carbocycles. The number of nitrogens with one attached hydrogen (secondary N) is 5. The maximum Gasteiger partial charge on any atom is 0.249 e. The molecule has 1 aromatic heterocycles. The number of aromatic nitrogens is 1. The number of likely N-dealkylation sites (N-methyl/N-ethyl adjacent to an activating group) is 1. The molecule has 0 radical (unpaired) electrons. The Morgan fingerprint density at radius 3 is 2.88 bits per heavy atom. The van der Waals surface area contributed by atoms with Crippen molar-refractivity contribution in [2.24, 2.45) is 5.92 Å². The highest BCUT2D eigenvalue weighted by atomic mass is 16.5. The molecule has 12 heteroatoms. The minimum absolute atomic E-state index is 0.0414. The van der Waals surface area contributed by atoms with Crippen LogP contribution in [-0.4, -0.2) is 107 Å². The van der Waals surface area contributed by atoms with Crippen molar-refractivity contribution in [3.05, 3.63) is 42.6 Å². The number of ether oxygens (including phenoxy) is 1. The van der Waals surface area contributed by atoms with Gasteiger partial charge in [-0.1, -0.05) is 12.2 Å². The van der Waals surface area contributed by atoms with Crippen molar-refractivity contribution in [1.29, 1.82) is 0 Å². The average molecular weight is 590 g/mol. The van der Waals surface area contributed by atoms with Crippen LogP contribution >= 0.6 is 0 Å². The minimum Gasteiger partial charge on any atom is -0.358 e. The number of hydrogen-bond donors (Lipinski definition) is 5. The second-order valence-corrected chi connectivity index (χ2v) is 13.0. The van der Waals surface area contributed by atoms with E-state index in [1.165, 1.54) is 23.7 Å². The number of hydrazine groups is 1. The Morgan fingerprint density at radius 1 is 1.12 bits per heavy atom. The molecule has 2 amide bonds. The van der Waals surface area contributed by atoms with Crippen molar-refractivity contribution in [2.75, 3.05) is 45.2 Å². The molecule has 230 valence electrons. The summed E-state index contributed by atoms with van der Waals surface area (Å²) in [5, 5.41) is 23.4. The maximum absolute atomic E-state index is 13.8. The third-order valence-corrected chi connectivity index (χ3v) is 10.4. The molecule has 43 heavy (non-hydrogen) atoms. The number of fused-ring (bicyclic) bond motifs is 6. The van der Waals surface area contributed by atoms with Crippen LogP contribution in [0.5, 0.6) is 0 Å². The number of carbonyl (C=O) groups excluding carboxylic acids is 2. The Kier molecular flexibility index (Phi) is 6.96. The van der Waals surface area contributed by atoms with E-state index in [0.29, 0.717) is 19.6 Å². The zero-order valence-electron chi connectivity index (χ0n) is 24.8. The van der Waals surface area contributed by atoms with Crippen LogP contribution in [0.1, 0.15) is 32.1 Å². The van der Waals surface area contributed by atoms with Crippen LogP contribution < -0.4 is 26.6 Å². The van der Waals surface area contributed by atoms with Crippen molar-refractivity contribution >= 4 is 28.4 Å². The summed E-state index contributed by atoms with van der Waals surface area (Å²) >= 11 is 0. The molecule has 1 saturated carbocycles. The van der Waals surface area contributed by atoms with Crippen LogP contribution in [0.4, 0.5) is 5.69 Å². The summed E-state index contributed by atoms with van der Waals surface area (Å²) in [4.78, 5) is 28.6. The minimum atomic E-state index is -0.204. The lowest BCUT2D eigenvalue weighted by molar-refractivity contribution is -0.172. The standard InChI is InChI=1S/C31H43N9O3/c1-32-31(9-10-31)19-37-13-8-20-14-21(6-7-24(20)37)35-30-34-17-23-27(36-30)40-22-15-25-28(33-16-22)43-18-26(41)38(25)11-4-2-3-5-12-39(40)29(23)42/h3,5-8,13-14,22-23,25,27-28,30,32-36H,2,4,9-12,15-19H2,1H3/b5-3-. The zero-order chi connectivity index (χ0) is 29.1. The predicted octanol–water partition coefficient (Wildman–Crippen LogP) is 0.549. The fourth-order valence-corrected chi connectivity index (χ4v) is 7.83. The number of allylic oxidation sites excluding steroid dienone is 1. The van der Waals surface area contributed by atoms with Crippen molar-refractivity contribution in [3.63, 3.8) is 0 Å². The van der Waals surface area contributed by atoms with Crippen LogP contribution in [0.2, 0.25) is 0 Å². The monoisotopic (exact) mass is 589 g/mol. The van der Waals surface area contributed by atoms with Gasteiger partial charge in [0.05, 0.1) is 24.7 Å². The average Bonchev–Trinajstić information content (AvgIpc) is 3.61. The first-order chi connectivity index (χ1) is 21.0. The van der Waals surface area contributed by atoms with Gasteiger partial charge in [-0.05, 0) is 63.4 Å². The molecule has 6 heterocycles. The normalized spacial score (nSPS) is 34.7. The van der Waals surface area contributed by atoms with Gasteiger partial charge >= 0.3 is 0 Å². The van der Waals surface area contributed by atoms with E-state index >= 15 is 0 Å². The molecule has 6 aliphatic rings. The third-order valence-electron chi connectivity index (χ3n) is 10.4. The highest BCUT2D eigenvalue weighted by Crippen LogP contribution is 2.38. The Bertz CT molecular complexity index is 1420. The molecule has 5 aliphatic heterocycles. The van der Waals surface area contributed by atoms with Crippen LogP contribution in [-0.2, 0) is 20.9 Å². The first-order valence-corrected chi connectivity index (χ1v) is 15.9. The Morgan fingerprint density at radius 2 is 2.02 bits per heavy atom. The second-order valence-electron chi connectivity index (χ2n) is 13.0. The number of hydrogen-bond acceptors (Lipinski definition) is 9. The topological polar surface area (TPSA) is 118 Å². The van der Waals surface area contributed by atoms with Crippen LogP contribution in [0, 0.1) is 5.92 Å². The lowest BCUT2D eigenvalue weighted by Gasteiger charge is -2.50. The summed E-state index contributed by atoms with van der Waals surface area (Å²) in [7, 11) is 2.06. The lowest BCUT2D eigenvalue weighted by Crippen LogP contribution is -2.70. The fraction of sp³-hybridized carbons (Fsp3) is 0.613. The predicted molar refractivity (Wildman–Crippen MR) is 162 cm³/mol. The number of rotatable bonds is 5. The van der Waals surface area contributed by atoms with Gasteiger partial charge in [0, 0.05) is 60.5 Å². The number of benzene rings is 1. The molecule has 5 fully saturated rings. The van der Waals surface area contributed by atoms with Gasteiger partial charge in [-0.25, -0.2) is 0 Å². The van der Waals surface area contributed by atoms with Gasteiger partial charge in [0.25, 0.3) is 0 Å². The summed E-state index contributed by atoms with van der Waals surface area (Å²) in [6.07, 6.45) is 10.9. The van der Waals surface area contributed by atoms with Crippen molar-refractivity contribution in [1.82, 2.24) is 40.8 Å². The number of piperidine rings is 1. The Labute approximate surface area is 252 Å². The van der Waals surface area contributed by atoms with Crippen molar-refractivity contribution in [2.45, 2.75) is 75.0 Å². The van der Waals surface area contributed by atoms with Crippen molar-refractivity contribution < 1.29 is 14.3 Å². The zero-order valence-corrected chi connectivity index (χ0v) is 24.8. The Balaban J connectivity index is 1.02. The molecule has 1 aromatic carbocycles. The molecular weight excluding hydrogens is 546 g/mol. The molecule has 5 N–H and O–H groups in total. The summed E-state index contributed by atoms with van der Waals surface area (Å²) in [5.74, 6) is -0.00596. The van der Waals surface area contributed by atoms with Crippen molar-refractivity contribution in [3.8, 4) is 0 Å². The van der Waals surface area contributed by atoms with Gasteiger partial charge in [0.1, 0.15) is 19.1 Å². The first kappa shape index (κ1) is 27.5. The van der Waals surface area contributed by atoms with Gasteiger partial charge in [-0.3, -0.25) is 30.5 Å². The molecule has 6 atom stereocenters. The largest absolute Gasteiger partial charge is 0.358 e. The SMILES string of the molecule is CNC1(Cn2ccc3cc(NC4NCC5C(=O)N6C/C=C\CCCN7C(=O)COC8NCC(CC87)N6C5N4)ccc32)CC1. The van der Waals surface area contributed by atoms with Crippen LogP contribution in [0.25, 0.3) is 10.9 Å². The summed E-state index contributed by atoms with van der Waals surface area (Å²) in [5.41, 5.74) is 2.51. The van der Waals surface area contributed by atoms with Crippen LogP contribution in [0.15, 0.2) is 42.6 Å². The summed E-state index contributed by atoms with van der Waals surface area (Å²) in [6.45, 7) is 3.67. The lowest BCUT2D eigenvalue weighted by atomic mass is 9.95. The molecule has 4 saturated heterocycles. The third kappa shape index (κ3) is 4.94. The van der Waals surface area contributed by atoms with Gasteiger partial charge in [0.2, 0.25) is 11.8 Å². The second kappa shape index (κ2) is 10.9. The van der Waals surface area contributed by atoms with E-state index in [9.17, 15) is 9.59 Å². The number of morpholine rings is 1. The number of carbonyl (C=O) groups is 2. The molecule has 2 bridgehead atoms. The molecule has 6 unspecified atom stereocenters. The molecule has 12 nitrogen and oxygen atoms in total. The maximum atomic E-state index is 13.8. The van der Waals surface area contributed by atoms with Crippen LogP contribution in [0.3, 0.4) is 0 Å². The first-order valence-electron chi connectivity index (χ1n) is 15.9. The molecular formula is C31H43N9O3. The van der Waals surface area contributed by atoms with Gasteiger partial charge < -0.3 is 24.8 Å². The van der Waals surface area contributed by atoms with Gasteiger partial charge in [-0.2, -0.15) is 5.01 Å². The van der Waals surface area contributed by atoms with E-state index in [1.807, 2.05) is 9.91 Å². The summed E-state index contributed by atoms with van der Waals surface area (Å²) < 4.78 is 8.25. The number of anilines is 1. The molecule has 8 rings (SSSR count). The Hall–Kier alpha value is -3.00. The molecule has 2 aromatic rings. The fourth-order valence-electron chi connectivity index (χ4n) is 7.83. The quantitative estimate of drug-likeness (QED) is 0.319. The summed E-state index contributed by atoms with van der Waals surface area (Å²) in [6, 6.07) is 8.72. The van der Waals surface area contributed by atoms with Gasteiger partial charge in [0.15, 0.2) is 0 Å². The highest BCUT2D eigenvalue weighted by molar-refractivity contribution is 5.84. The van der Waals surface area contributed by atoms with Gasteiger partial charge in [-0.15, -0.1) is 0 Å². The van der Waals surface area contributed by atoms with E-state index in [2.05, 4.69) is 85.8 Å². The van der Waals surface area contributed by atoms with E-state index in [1.54, 1.807) is 0 Å². The number of amides is 2.